The zero-order valence-corrected chi connectivity index (χ0v) is 15.2. The van der Waals surface area contributed by atoms with Gasteiger partial charge in [-0.3, -0.25) is 19.4 Å². The fourth-order valence-corrected chi connectivity index (χ4v) is 2.13. The lowest BCUT2D eigenvalue weighted by atomic mass is 10.3. The number of hydrogen-bond donors (Lipinski definition) is 2. The van der Waals surface area contributed by atoms with E-state index in [1.54, 1.807) is 24.3 Å². The molecule has 1 heterocycles. The molecule has 0 spiro atoms. The first-order valence-electron chi connectivity index (χ1n) is 7.51. The van der Waals surface area contributed by atoms with Crippen LogP contribution in [0.3, 0.4) is 0 Å². The van der Waals surface area contributed by atoms with Crippen LogP contribution in [0.2, 0.25) is 10.0 Å². The molecule has 0 saturated carbocycles. The predicted molar refractivity (Wildman–Crippen MR) is 97.2 cm³/mol. The van der Waals surface area contributed by atoms with Crippen molar-refractivity contribution in [2.24, 2.45) is 0 Å². The average molecular weight is 396 g/mol. The molecule has 0 radical (unpaired) electrons. The molecule has 0 saturated heterocycles. The zero-order chi connectivity index (χ0) is 19.1. The van der Waals surface area contributed by atoms with E-state index in [0.29, 0.717) is 15.7 Å². The van der Waals surface area contributed by atoms with Gasteiger partial charge in [-0.15, -0.1) is 0 Å². The number of amides is 2. The maximum Gasteiger partial charge on any atom is 0.326 e. The Morgan fingerprint density at radius 3 is 2.46 bits per heavy atom. The molecule has 0 bridgehead atoms. The number of esters is 1. The molecule has 0 aliphatic carbocycles. The minimum atomic E-state index is -1.04. The summed E-state index contributed by atoms with van der Waals surface area (Å²) in [5.74, 6) is -1.86. The Balaban J connectivity index is 1.80. The van der Waals surface area contributed by atoms with Crippen LogP contribution in [0, 0.1) is 0 Å². The van der Waals surface area contributed by atoms with Crippen LogP contribution in [-0.4, -0.2) is 35.4 Å². The minimum Gasteiger partial charge on any atom is -0.451 e. The van der Waals surface area contributed by atoms with Gasteiger partial charge in [0.15, 0.2) is 6.10 Å². The average Bonchev–Trinajstić information content (AvgIpc) is 2.61. The molecule has 1 aromatic carbocycles. The topological polar surface area (TPSA) is 97.4 Å². The van der Waals surface area contributed by atoms with Crippen molar-refractivity contribution in [1.82, 2.24) is 10.3 Å². The number of nitrogens with one attached hydrogen (secondary N) is 2. The SMILES string of the molecule is C[C@@H](OC(=O)CNC(=O)c1cc(Cl)ccn1)C(=O)Nc1ccc(Cl)cc1. The van der Waals surface area contributed by atoms with Gasteiger partial charge in [-0.25, -0.2) is 0 Å². The maximum absolute atomic E-state index is 12.0. The molecule has 0 aliphatic heterocycles. The Kier molecular flexibility index (Phi) is 6.94. The number of carbonyl (C=O) groups is 3. The normalized spacial score (nSPS) is 11.3. The first-order chi connectivity index (χ1) is 12.3. The van der Waals surface area contributed by atoms with Crippen molar-refractivity contribution in [3.05, 3.63) is 58.3 Å². The molecule has 0 aliphatic rings. The quantitative estimate of drug-likeness (QED) is 0.732. The Morgan fingerprint density at radius 1 is 1.12 bits per heavy atom. The van der Waals surface area contributed by atoms with E-state index >= 15 is 0 Å². The van der Waals surface area contributed by atoms with Crippen molar-refractivity contribution in [3.63, 3.8) is 0 Å². The number of halogens is 2. The first-order valence-corrected chi connectivity index (χ1v) is 8.26. The zero-order valence-electron chi connectivity index (χ0n) is 13.7. The fourth-order valence-electron chi connectivity index (χ4n) is 1.84. The number of hydrogen-bond acceptors (Lipinski definition) is 5. The van der Waals surface area contributed by atoms with Crippen molar-refractivity contribution in [3.8, 4) is 0 Å². The van der Waals surface area contributed by atoms with Gasteiger partial charge in [0.2, 0.25) is 0 Å². The Hall–Kier alpha value is -2.64. The molecule has 2 N–H and O–H groups in total. The van der Waals surface area contributed by atoms with Gasteiger partial charge in [-0.05, 0) is 43.3 Å². The summed E-state index contributed by atoms with van der Waals surface area (Å²) in [5.41, 5.74) is 0.585. The number of carbonyl (C=O) groups excluding carboxylic acids is 3. The van der Waals surface area contributed by atoms with Crippen LogP contribution in [0.1, 0.15) is 17.4 Å². The highest BCUT2D eigenvalue weighted by Crippen LogP contribution is 2.14. The molecule has 136 valence electrons. The van der Waals surface area contributed by atoms with Crippen LogP contribution in [0.5, 0.6) is 0 Å². The lowest BCUT2D eigenvalue weighted by Crippen LogP contribution is -2.36. The molecule has 0 unspecified atom stereocenters. The predicted octanol–water partition coefficient (Wildman–Crippen LogP) is 2.69. The molecule has 26 heavy (non-hydrogen) atoms. The van der Waals surface area contributed by atoms with Gasteiger partial charge < -0.3 is 15.4 Å². The highest BCUT2D eigenvalue weighted by Gasteiger charge is 2.19. The number of benzene rings is 1. The number of ether oxygens (including phenoxy) is 1. The van der Waals surface area contributed by atoms with Crippen molar-refractivity contribution in [1.29, 1.82) is 0 Å². The highest BCUT2D eigenvalue weighted by molar-refractivity contribution is 6.31. The second-order valence-electron chi connectivity index (χ2n) is 5.17. The van der Waals surface area contributed by atoms with E-state index < -0.39 is 30.4 Å². The van der Waals surface area contributed by atoms with Crippen molar-refractivity contribution in [2.45, 2.75) is 13.0 Å². The van der Waals surface area contributed by atoms with E-state index in [-0.39, 0.29) is 5.69 Å². The molecule has 9 heteroatoms. The van der Waals surface area contributed by atoms with Crippen LogP contribution < -0.4 is 10.6 Å². The van der Waals surface area contributed by atoms with Crippen LogP contribution in [0.15, 0.2) is 42.6 Å². The van der Waals surface area contributed by atoms with Gasteiger partial charge in [0.1, 0.15) is 12.2 Å². The minimum absolute atomic E-state index is 0.0684. The van der Waals surface area contributed by atoms with Crippen LogP contribution in [0.4, 0.5) is 5.69 Å². The lowest BCUT2D eigenvalue weighted by molar-refractivity contribution is -0.152. The van der Waals surface area contributed by atoms with Crippen molar-refractivity contribution >= 4 is 46.7 Å². The van der Waals surface area contributed by atoms with Gasteiger partial charge in [0.25, 0.3) is 11.8 Å². The largest absolute Gasteiger partial charge is 0.451 e. The third-order valence-electron chi connectivity index (χ3n) is 3.14. The second kappa shape index (κ2) is 9.17. The molecule has 1 atom stereocenters. The summed E-state index contributed by atoms with van der Waals surface area (Å²) in [7, 11) is 0. The molecular formula is C17H15Cl2N3O4. The number of rotatable bonds is 6. The van der Waals surface area contributed by atoms with Crippen LogP contribution >= 0.6 is 23.2 Å². The summed E-state index contributed by atoms with van der Waals surface area (Å²) in [5, 5.41) is 5.81. The van der Waals surface area contributed by atoms with Gasteiger partial charge in [-0.1, -0.05) is 23.2 Å². The number of pyridine rings is 1. The Morgan fingerprint density at radius 2 is 1.81 bits per heavy atom. The molecule has 2 rings (SSSR count). The van der Waals surface area contributed by atoms with E-state index in [1.165, 1.54) is 25.3 Å². The molecule has 0 fully saturated rings. The summed E-state index contributed by atoms with van der Waals surface area (Å²) in [6.07, 6.45) is 0.332. The van der Waals surface area contributed by atoms with Gasteiger partial charge >= 0.3 is 5.97 Å². The smallest absolute Gasteiger partial charge is 0.326 e. The summed E-state index contributed by atoms with van der Waals surface area (Å²) >= 11 is 11.5. The number of aromatic nitrogens is 1. The molecule has 7 nitrogen and oxygen atoms in total. The monoisotopic (exact) mass is 395 g/mol. The first kappa shape index (κ1) is 19.7. The summed E-state index contributed by atoms with van der Waals surface area (Å²) in [6, 6.07) is 9.36. The van der Waals surface area contributed by atoms with E-state index in [4.69, 9.17) is 27.9 Å². The third kappa shape index (κ3) is 6.02. The number of nitrogens with zero attached hydrogens (tertiary/aromatic N) is 1. The van der Waals surface area contributed by atoms with Crippen molar-refractivity contribution < 1.29 is 19.1 Å². The Labute approximate surface area is 159 Å². The molecule has 2 aromatic rings. The van der Waals surface area contributed by atoms with Crippen LogP contribution in [-0.2, 0) is 14.3 Å². The van der Waals surface area contributed by atoms with Crippen LogP contribution in [0.25, 0.3) is 0 Å². The fraction of sp³-hybridized carbons (Fsp3) is 0.176. The van der Waals surface area contributed by atoms with Gasteiger partial charge in [0, 0.05) is 21.9 Å². The van der Waals surface area contributed by atoms with Crippen molar-refractivity contribution in [2.75, 3.05) is 11.9 Å². The highest BCUT2D eigenvalue weighted by atomic mass is 35.5. The van der Waals surface area contributed by atoms with Gasteiger partial charge in [-0.2, -0.15) is 0 Å². The molecule has 2 amide bonds. The van der Waals surface area contributed by atoms with E-state index in [0.717, 1.165) is 0 Å². The van der Waals surface area contributed by atoms with E-state index in [2.05, 4.69) is 15.6 Å². The Bertz CT molecular complexity index is 812. The summed E-state index contributed by atoms with van der Waals surface area (Å²) in [4.78, 5) is 39.5. The summed E-state index contributed by atoms with van der Waals surface area (Å²) in [6.45, 7) is 1.01. The standard InChI is InChI=1S/C17H15Cl2N3O4/c1-10(16(24)22-13-4-2-11(18)3-5-13)26-15(23)9-21-17(25)14-8-12(19)6-7-20-14/h2-8,10H,9H2,1H3,(H,21,25)(H,22,24)/t10-/m1/s1. The third-order valence-corrected chi connectivity index (χ3v) is 3.62. The molecular weight excluding hydrogens is 381 g/mol. The van der Waals surface area contributed by atoms with Gasteiger partial charge in [0.05, 0.1) is 0 Å². The maximum atomic E-state index is 12.0. The van der Waals surface area contributed by atoms with E-state index in [9.17, 15) is 14.4 Å². The number of anilines is 1. The van der Waals surface area contributed by atoms with E-state index in [1.807, 2.05) is 0 Å². The lowest BCUT2D eigenvalue weighted by Gasteiger charge is -2.14. The second-order valence-corrected chi connectivity index (χ2v) is 6.04. The summed E-state index contributed by atoms with van der Waals surface area (Å²) < 4.78 is 4.98. The molecule has 1 aromatic heterocycles.